The molecule has 2 aromatic rings. The highest BCUT2D eigenvalue weighted by Crippen LogP contribution is 2.35. The zero-order chi connectivity index (χ0) is 22.8. The number of methoxy groups -OCH3 is 1. The zero-order valence-corrected chi connectivity index (χ0v) is 20.3. The van der Waals surface area contributed by atoms with Gasteiger partial charge in [0.2, 0.25) is 0 Å². The molecule has 0 spiro atoms. The van der Waals surface area contributed by atoms with Gasteiger partial charge in [0.05, 0.1) is 0 Å². The van der Waals surface area contributed by atoms with Crippen molar-refractivity contribution in [1.82, 2.24) is 15.3 Å². The Bertz CT molecular complexity index is 1010. The molecule has 4 heterocycles. The molecular formula is C25H33ClN6O. The largest absolute Gasteiger partial charge is 0.385 e. The van der Waals surface area contributed by atoms with E-state index < -0.39 is 0 Å². The van der Waals surface area contributed by atoms with E-state index in [4.69, 9.17) is 26.4 Å². The number of amidine groups is 1. The molecule has 0 radical (unpaired) electrons. The molecule has 0 bridgehead atoms. The molecule has 0 amide bonds. The number of halogens is 1. The highest BCUT2D eigenvalue weighted by molar-refractivity contribution is 6.30. The summed E-state index contributed by atoms with van der Waals surface area (Å²) in [6.07, 6.45) is 3.29. The van der Waals surface area contributed by atoms with Gasteiger partial charge in [0.1, 0.15) is 17.8 Å². The van der Waals surface area contributed by atoms with E-state index in [1.54, 1.807) is 7.11 Å². The van der Waals surface area contributed by atoms with Crippen LogP contribution in [-0.2, 0) is 11.3 Å². The number of benzene rings is 1. The molecule has 3 aliphatic rings. The van der Waals surface area contributed by atoms with Crippen LogP contribution >= 0.6 is 11.6 Å². The van der Waals surface area contributed by atoms with Crippen molar-refractivity contribution in [1.29, 1.82) is 0 Å². The van der Waals surface area contributed by atoms with Gasteiger partial charge in [-0.15, -0.1) is 0 Å². The van der Waals surface area contributed by atoms with Crippen LogP contribution in [0.15, 0.2) is 41.5 Å². The number of fused-ring (bicyclic) bond motifs is 3. The molecule has 176 valence electrons. The van der Waals surface area contributed by atoms with Crippen molar-refractivity contribution in [3.8, 4) is 0 Å². The van der Waals surface area contributed by atoms with Crippen molar-refractivity contribution in [3.63, 3.8) is 0 Å². The smallest absolute Gasteiger partial charge is 0.134 e. The number of hydrazone groups is 1. The summed E-state index contributed by atoms with van der Waals surface area (Å²) in [6.45, 7) is 7.61. The number of rotatable bonds is 6. The van der Waals surface area contributed by atoms with Crippen molar-refractivity contribution in [3.05, 3.63) is 52.7 Å². The number of ether oxygens (including phenoxy) is 1. The zero-order valence-electron chi connectivity index (χ0n) is 19.5. The van der Waals surface area contributed by atoms with Crippen LogP contribution in [0.1, 0.15) is 30.5 Å². The van der Waals surface area contributed by atoms with Gasteiger partial charge in [0.15, 0.2) is 0 Å². The van der Waals surface area contributed by atoms with Gasteiger partial charge in [-0.2, -0.15) is 5.10 Å². The van der Waals surface area contributed by atoms with Crippen molar-refractivity contribution < 1.29 is 4.74 Å². The van der Waals surface area contributed by atoms with Crippen molar-refractivity contribution in [2.24, 2.45) is 11.0 Å². The Morgan fingerprint density at radius 3 is 2.82 bits per heavy atom. The quantitative estimate of drug-likeness (QED) is 0.650. The molecule has 0 aliphatic carbocycles. The minimum absolute atomic E-state index is 0.140. The number of nitrogens with one attached hydrogen (secondary N) is 1. The Hall–Kier alpha value is -2.35. The lowest BCUT2D eigenvalue weighted by molar-refractivity contribution is 0.166. The molecular weight excluding hydrogens is 436 g/mol. The topological polar surface area (TPSA) is 56.2 Å². The van der Waals surface area contributed by atoms with Crippen LogP contribution in [-0.4, -0.2) is 61.8 Å². The number of hydrogen-bond donors (Lipinski definition) is 1. The maximum absolute atomic E-state index is 6.40. The molecule has 1 aromatic heterocycles. The first-order valence-electron chi connectivity index (χ1n) is 11.9. The summed E-state index contributed by atoms with van der Waals surface area (Å²) in [4.78, 5) is 12.0. The molecule has 3 aliphatic heterocycles. The van der Waals surface area contributed by atoms with Crippen LogP contribution in [0.3, 0.4) is 0 Å². The number of pyridine rings is 1. The summed E-state index contributed by atoms with van der Waals surface area (Å²) in [5.74, 6) is 2.67. The summed E-state index contributed by atoms with van der Waals surface area (Å²) in [6, 6.07) is 12.5. The summed E-state index contributed by atoms with van der Waals surface area (Å²) in [5, 5.41) is 5.67. The van der Waals surface area contributed by atoms with E-state index in [0.717, 1.165) is 75.1 Å². The Morgan fingerprint density at radius 1 is 1.18 bits per heavy atom. The van der Waals surface area contributed by atoms with Crippen LogP contribution in [0.4, 0.5) is 11.5 Å². The maximum Gasteiger partial charge on any atom is 0.134 e. The second-order valence-electron chi connectivity index (χ2n) is 9.24. The molecule has 5 rings (SSSR count). The highest BCUT2D eigenvalue weighted by atomic mass is 35.5. The molecule has 1 N–H and O–H groups in total. The van der Waals surface area contributed by atoms with Crippen molar-refractivity contribution >= 4 is 28.9 Å². The monoisotopic (exact) mass is 468 g/mol. The molecule has 1 aromatic carbocycles. The predicted octanol–water partition coefficient (Wildman–Crippen LogP) is 3.86. The van der Waals surface area contributed by atoms with Crippen LogP contribution in [0.5, 0.6) is 0 Å². The van der Waals surface area contributed by atoms with E-state index in [-0.39, 0.29) is 6.17 Å². The molecule has 1 fully saturated rings. The van der Waals surface area contributed by atoms with Crippen LogP contribution in [0.2, 0.25) is 5.02 Å². The second kappa shape index (κ2) is 9.87. The van der Waals surface area contributed by atoms with Gasteiger partial charge >= 0.3 is 0 Å². The van der Waals surface area contributed by atoms with E-state index in [1.807, 2.05) is 6.07 Å². The first-order valence-corrected chi connectivity index (χ1v) is 12.3. The Morgan fingerprint density at radius 2 is 2.03 bits per heavy atom. The van der Waals surface area contributed by atoms with Crippen LogP contribution in [0, 0.1) is 12.8 Å². The molecule has 1 unspecified atom stereocenters. The normalized spacial score (nSPS) is 21.3. The van der Waals surface area contributed by atoms with E-state index in [2.05, 4.69) is 57.4 Å². The van der Waals surface area contributed by atoms with Crippen LogP contribution < -0.4 is 15.2 Å². The Kier molecular flexibility index (Phi) is 6.71. The van der Waals surface area contributed by atoms with E-state index in [1.165, 1.54) is 17.1 Å². The van der Waals surface area contributed by atoms with Gasteiger partial charge in [-0.05, 0) is 62.1 Å². The first kappa shape index (κ1) is 22.4. The van der Waals surface area contributed by atoms with E-state index >= 15 is 0 Å². The lowest BCUT2D eigenvalue weighted by atomic mass is 9.94. The van der Waals surface area contributed by atoms with E-state index in [9.17, 15) is 0 Å². The summed E-state index contributed by atoms with van der Waals surface area (Å²) in [7, 11) is 1.76. The minimum atomic E-state index is 0.140. The number of aromatic nitrogens is 1. The van der Waals surface area contributed by atoms with Gasteiger partial charge in [0, 0.05) is 68.8 Å². The average molecular weight is 469 g/mol. The van der Waals surface area contributed by atoms with E-state index in [0.29, 0.717) is 5.92 Å². The summed E-state index contributed by atoms with van der Waals surface area (Å²) in [5.41, 5.74) is 7.01. The third-order valence-corrected chi connectivity index (χ3v) is 7.13. The molecule has 8 heteroatoms. The molecule has 1 saturated heterocycles. The first-order chi connectivity index (χ1) is 16.1. The number of nitrogens with zero attached hydrogens (tertiary/aromatic N) is 5. The Balaban J connectivity index is 1.33. The number of anilines is 2. The predicted molar refractivity (Wildman–Crippen MR) is 134 cm³/mol. The van der Waals surface area contributed by atoms with Crippen LogP contribution in [0.25, 0.3) is 0 Å². The lowest BCUT2D eigenvalue weighted by Gasteiger charge is -2.36. The van der Waals surface area contributed by atoms with Crippen molar-refractivity contribution in [2.75, 3.05) is 49.7 Å². The average Bonchev–Trinajstić information content (AvgIpc) is 3.16. The number of piperidine rings is 1. The molecule has 33 heavy (non-hydrogen) atoms. The molecule has 1 atom stereocenters. The van der Waals surface area contributed by atoms with Gasteiger partial charge in [-0.3, -0.25) is 10.3 Å². The van der Waals surface area contributed by atoms with Crippen molar-refractivity contribution in [2.45, 2.75) is 38.9 Å². The minimum Gasteiger partial charge on any atom is -0.385 e. The summed E-state index contributed by atoms with van der Waals surface area (Å²) >= 11 is 6.40. The van der Waals surface area contributed by atoms with Gasteiger partial charge in [-0.1, -0.05) is 17.7 Å². The second-order valence-corrected chi connectivity index (χ2v) is 9.67. The van der Waals surface area contributed by atoms with Gasteiger partial charge in [-0.25, -0.2) is 4.98 Å². The third-order valence-electron chi connectivity index (χ3n) is 6.89. The standard InChI is InChI=1S/C25H33ClN6O/c1-18-5-3-6-23(27-18)31-12-9-19(10-13-31)25-29-28-24-17-30(11-4-14-33-2)16-20-15-21(26)7-8-22(20)32(24)25/h3,5-8,15,19,24,28H,4,9-14,16-17H2,1-2H3. The molecule has 0 saturated carbocycles. The fourth-order valence-electron chi connectivity index (χ4n) is 5.25. The third kappa shape index (κ3) is 4.81. The molecule has 7 nitrogen and oxygen atoms in total. The maximum atomic E-state index is 6.40. The lowest BCUT2D eigenvalue weighted by Crippen LogP contribution is -2.49. The highest BCUT2D eigenvalue weighted by Gasteiger charge is 2.39. The summed E-state index contributed by atoms with van der Waals surface area (Å²) < 4.78 is 5.28. The SMILES string of the molecule is COCCCN1Cc2cc(Cl)ccc2N2C(C3CCN(c4cccc(C)n4)CC3)=NNC2C1. The van der Waals surface area contributed by atoms with Gasteiger partial charge < -0.3 is 14.5 Å². The number of aryl methyl sites for hydroxylation is 1. The Labute approximate surface area is 201 Å². The fourth-order valence-corrected chi connectivity index (χ4v) is 5.45. The number of hydrogen-bond acceptors (Lipinski definition) is 7. The fraction of sp³-hybridized carbons (Fsp3) is 0.520. The van der Waals surface area contributed by atoms with Gasteiger partial charge in [0.25, 0.3) is 0 Å².